The number of benzene rings is 2. The number of amides is 1. The van der Waals surface area contributed by atoms with Gasteiger partial charge in [-0.15, -0.1) is 0 Å². The Hall–Kier alpha value is -2.66. The van der Waals surface area contributed by atoms with Crippen LogP contribution in [0.2, 0.25) is 0 Å². The molecular formula is C19H16BrN3O. The van der Waals surface area contributed by atoms with E-state index in [9.17, 15) is 4.79 Å². The minimum absolute atomic E-state index is 0.238. The molecule has 3 aromatic rings. The standard InChI is InChI=1S/C19H16BrN3O/c1-13-4-2-6-15(10-13)23-19(24)18-12-17(8-9-21-18)22-16-7-3-5-14(20)11-16/h2-12H,1H3,(H,21,22)(H,23,24). The van der Waals surface area contributed by atoms with Gasteiger partial charge in [-0.3, -0.25) is 9.78 Å². The number of pyridine rings is 1. The van der Waals surface area contributed by atoms with E-state index in [0.29, 0.717) is 5.69 Å². The van der Waals surface area contributed by atoms with Crippen LogP contribution in [0.15, 0.2) is 71.3 Å². The minimum Gasteiger partial charge on any atom is -0.355 e. The molecule has 0 aliphatic heterocycles. The molecule has 1 amide bonds. The monoisotopic (exact) mass is 381 g/mol. The maximum absolute atomic E-state index is 12.4. The molecule has 0 unspecified atom stereocenters. The van der Waals surface area contributed by atoms with Crippen LogP contribution in [-0.4, -0.2) is 10.9 Å². The highest BCUT2D eigenvalue weighted by Crippen LogP contribution is 2.21. The van der Waals surface area contributed by atoms with Gasteiger partial charge in [-0.25, -0.2) is 0 Å². The number of halogens is 1. The van der Waals surface area contributed by atoms with E-state index in [4.69, 9.17) is 0 Å². The maximum Gasteiger partial charge on any atom is 0.274 e. The summed E-state index contributed by atoms with van der Waals surface area (Å²) in [6.45, 7) is 1.98. The van der Waals surface area contributed by atoms with Crippen LogP contribution in [0.4, 0.5) is 17.1 Å². The van der Waals surface area contributed by atoms with Gasteiger partial charge in [-0.05, 0) is 55.0 Å². The maximum atomic E-state index is 12.4. The molecule has 0 aliphatic rings. The molecule has 0 bridgehead atoms. The third-order valence-corrected chi connectivity index (χ3v) is 3.88. The number of nitrogens with zero attached hydrogens (tertiary/aromatic N) is 1. The first-order chi connectivity index (χ1) is 11.6. The van der Waals surface area contributed by atoms with Crippen molar-refractivity contribution >= 4 is 38.9 Å². The van der Waals surface area contributed by atoms with Gasteiger partial charge in [0.05, 0.1) is 0 Å². The summed E-state index contributed by atoms with van der Waals surface area (Å²) in [5, 5.41) is 6.13. The highest BCUT2D eigenvalue weighted by molar-refractivity contribution is 9.10. The second-order valence-corrected chi connectivity index (χ2v) is 6.30. The van der Waals surface area contributed by atoms with Crippen molar-refractivity contribution in [3.63, 3.8) is 0 Å². The van der Waals surface area contributed by atoms with Gasteiger partial charge in [0.25, 0.3) is 5.91 Å². The average Bonchev–Trinajstić information content (AvgIpc) is 2.55. The van der Waals surface area contributed by atoms with Gasteiger partial charge in [0.2, 0.25) is 0 Å². The molecular weight excluding hydrogens is 366 g/mol. The molecule has 4 nitrogen and oxygen atoms in total. The lowest BCUT2D eigenvalue weighted by atomic mass is 10.2. The first-order valence-electron chi connectivity index (χ1n) is 7.47. The summed E-state index contributed by atoms with van der Waals surface area (Å²) in [5.74, 6) is -0.238. The Labute approximate surface area is 149 Å². The summed E-state index contributed by atoms with van der Waals surface area (Å²) in [6.07, 6.45) is 1.62. The van der Waals surface area contributed by atoms with Gasteiger partial charge in [-0.2, -0.15) is 0 Å². The number of anilines is 3. The molecule has 0 saturated carbocycles. The first-order valence-corrected chi connectivity index (χ1v) is 8.26. The molecule has 0 fully saturated rings. The molecule has 120 valence electrons. The number of aryl methyl sites for hydroxylation is 1. The van der Waals surface area contributed by atoms with Gasteiger partial charge in [0.15, 0.2) is 0 Å². The van der Waals surface area contributed by atoms with Gasteiger partial charge in [0.1, 0.15) is 5.69 Å². The number of rotatable bonds is 4. The van der Waals surface area contributed by atoms with Crippen LogP contribution in [0.3, 0.4) is 0 Å². The summed E-state index contributed by atoms with van der Waals surface area (Å²) in [7, 11) is 0. The fourth-order valence-corrected chi connectivity index (χ4v) is 2.68. The zero-order valence-corrected chi connectivity index (χ0v) is 14.7. The Balaban J connectivity index is 1.76. The number of nitrogens with one attached hydrogen (secondary N) is 2. The van der Waals surface area contributed by atoms with Crippen molar-refractivity contribution in [3.05, 3.63) is 82.6 Å². The van der Waals surface area contributed by atoms with E-state index in [-0.39, 0.29) is 5.91 Å². The Morgan fingerprint density at radius 3 is 2.50 bits per heavy atom. The van der Waals surface area contributed by atoms with Crippen LogP contribution in [0.25, 0.3) is 0 Å². The molecule has 2 aromatic carbocycles. The molecule has 0 aliphatic carbocycles. The predicted octanol–water partition coefficient (Wildman–Crippen LogP) is 5.15. The third-order valence-electron chi connectivity index (χ3n) is 3.38. The third kappa shape index (κ3) is 4.20. The Morgan fingerprint density at radius 2 is 1.71 bits per heavy atom. The lowest BCUT2D eigenvalue weighted by Gasteiger charge is -2.09. The Bertz CT molecular complexity index is 880. The van der Waals surface area contributed by atoms with E-state index in [1.54, 1.807) is 12.3 Å². The normalized spacial score (nSPS) is 10.2. The van der Waals surface area contributed by atoms with Crippen LogP contribution < -0.4 is 10.6 Å². The van der Waals surface area contributed by atoms with E-state index in [1.807, 2.05) is 61.5 Å². The van der Waals surface area contributed by atoms with Crippen molar-refractivity contribution in [2.24, 2.45) is 0 Å². The number of carbonyl (C=O) groups excluding carboxylic acids is 1. The van der Waals surface area contributed by atoms with Crippen LogP contribution in [0.5, 0.6) is 0 Å². The van der Waals surface area contributed by atoms with Crippen molar-refractivity contribution in [1.82, 2.24) is 4.98 Å². The molecule has 0 atom stereocenters. The first kappa shape index (κ1) is 16.2. The number of hydrogen-bond acceptors (Lipinski definition) is 3. The van der Waals surface area contributed by atoms with Crippen molar-refractivity contribution in [2.45, 2.75) is 6.92 Å². The van der Waals surface area contributed by atoms with Gasteiger partial charge < -0.3 is 10.6 Å². The largest absolute Gasteiger partial charge is 0.355 e. The zero-order valence-electron chi connectivity index (χ0n) is 13.1. The molecule has 0 saturated heterocycles. The highest BCUT2D eigenvalue weighted by Gasteiger charge is 2.09. The second-order valence-electron chi connectivity index (χ2n) is 5.39. The molecule has 0 spiro atoms. The quantitative estimate of drug-likeness (QED) is 0.656. The van der Waals surface area contributed by atoms with Crippen molar-refractivity contribution in [3.8, 4) is 0 Å². The van der Waals surface area contributed by atoms with Crippen molar-refractivity contribution in [1.29, 1.82) is 0 Å². The molecule has 3 rings (SSSR count). The SMILES string of the molecule is Cc1cccc(NC(=O)c2cc(Nc3cccc(Br)c3)ccn2)c1. The second kappa shape index (κ2) is 7.27. The summed E-state index contributed by atoms with van der Waals surface area (Å²) in [5.41, 5.74) is 3.94. The van der Waals surface area contributed by atoms with E-state index < -0.39 is 0 Å². The van der Waals surface area contributed by atoms with E-state index >= 15 is 0 Å². The van der Waals surface area contributed by atoms with Crippen molar-refractivity contribution < 1.29 is 4.79 Å². The molecule has 0 radical (unpaired) electrons. The molecule has 5 heteroatoms. The van der Waals surface area contributed by atoms with Gasteiger partial charge >= 0.3 is 0 Å². The van der Waals surface area contributed by atoms with Crippen LogP contribution in [-0.2, 0) is 0 Å². The van der Waals surface area contributed by atoms with E-state index in [0.717, 1.165) is 27.1 Å². The van der Waals surface area contributed by atoms with Crippen LogP contribution >= 0.6 is 15.9 Å². The summed E-state index contributed by atoms with van der Waals surface area (Å²) >= 11 is 3.44. The van der Waals surface area contributed by atoms with Gasteiger partial charge in [0, 0.05) is 27.7 Å². The lowest BCUT2D eigenvalue weighted by molar-refractivity contribution is 0.102. The van der Waals surface area contributed by atoms with Crippen molar-refractivity contribution in [2.75, 3.05) is 10.6 Å². The van der Waals surface area contributed by atoms with Crippen LogP contribution in [0.1, 0.15) is 16.1 Å². The Morgan fingerprint density at radius 1 is 0.958 bits per heavy atom. The molecule has 2 N–H and O–H groups in total. The minimum atomic E-state index is -0.238. The lowest BCUT2D eigenvalue weighted by Crippen LogP contribution is -2.13. The summed E-state index contributed by atoms with van der Waals surface area (Å²) < 4.78 is 0.985. The summed E-state index contributed by atoms with van der Waals surface area (Å²) in [6, 6.07) is 19.0. The highest BCUT2D eigenvalue weighted by atomic mass is 79.9. The van der Waals surface area contributed by atoms with E-state index in [2.05, 4.69) is 31.5 Å². The van der Waals surface area contributed by atoms with Crippen LogP contribution in [0, 0.1) is 6.92 Å². The van der Waals surface area contributed by atoms with E-state index in [1.165, 1.54) is 0 Å². The predicted molar refractivity (Wildman–Crippen MR) is 101 cm³/mol. The zero-order chi connectivity index (χ0) is 16.9. The summed E-state index contributed by atoms with van der Waals surface area (Å²) in [4.78, 5) is 16.5. The molecule has 1 aromatic heterocycles. The fourth-order valence-electron chi connectivity index (χ4n) is 2.28. The number of carbonyl (C=O) groups is 1. The topological polar surface area (TPSA) is 54.0 Å². The smallest absolute Gasteiger partial charge is 0.274 e. The molecule has 1 heterocycles. The average molecular weight is 382 g/mol. The number of hydrogen-bond donors (Lipinski definition) is 2. The Kier molecular flexibility index (Phi) is 4.91. The number of aromatic nitrogens is 1. The fraction of sp³-hybridized carbons (Fsp3) is 0.0526. The molecule has 24 heavy (non-hydrogen) atoms. The van der Waals surface area contributed by atoms with Gasteiger partial charge in [-0.1, -0.05) is 34.1 Å².